The molecule has 208 valence electrons. The van der Waals surface area contributed by atoms with Gasteiger partial charge in [0.25, 0.3) is 11.8 Å². The summed E-state index contributed by atoms with van der Waals surface area (Å²) >= 11 is 0. The van der Waals surface area contributed by atoms with Crippen molar-refractivity contribution in [1.29, 1.82) is 0 Å². The van der Waals surface area contributed by atoms with Crippen LogP contribution >= 0.6 is 0 Å². The predicted octanol–water partition coefficient (Wildman–Crippen LogP) is 0.409. The lowest BCUT2D eigenvalue weighted by atomic mass is 10.0. The molecule has 3 aliphatic rings. The van der Waals surface area contributed by atoms with Crippen LogP contribution in [0.2, 0.25) is 0 Å². The summed E-state index contributed by atoms with van der Waals surface area (Å²) in [4.78, 5) is 53.3. The van der Waals surface area contributed by atoms with Crippen molar-refractivity contribution >= 4 is 40.4 Å². The van der Waals surface area contributed by atoms with Crippen LogP contribution in [0, 0.1) is 0 Å². The first kappa shape index (κ1) is 25.9. The molecule has 0 spiro atoms. The highest BCUT2D eigenvalue weighted by molar-refractivity contribution is 6.07. The van der Waals surface area contributed by atoms with Gasteiger partial charge in [0.15, 0.2) is 5.84 Å². The molecule has 3 aromatic rings. The molecule has 1 fully saturated rings. The second-order valence-corrected chi connectivity index (χ2v) is 9.83. The lowest BCUT2D eigenvalue weighted by molar-refractivity contribution is -0.138. The summed E-state index contributed by atoms with van der Waals surface area (Å²) in [5, 5.41) is 14.8. The zero-order valence-corrected chi connectivity index (χ0v) is 21.5. The molecule has 2 atom stereocenters. The van der Waals surface area contributed by atoms with Crippen molar-refractivity contribution in [3.05, 3.63) is 72.5 Å². The summed E-state index contributed by atoms with van der Waals surface area (Å²) < 4.78 is 16.1. The van der Waals surface area contributed by atoms with Gasteiger partial charge in [-0.15, -0.1) is 0 Å². The monoisotopic (exact) mass is 557 g/mol. The highest BCUT2D eigenvalue weighted by Gasteiger charge is 2.40. The Morgan fingerprint density at radius 3 is 2.78 bits per heavy atom. The van der Waals surface area contributed by atoms with E-state index in [1.807, 2.05) is 6.07 Å². The first-order valence-corrected chi connectivity index (χ1v) is 12.7. The number of amidine groups is 1. The quantitative estimate of drug-likeness (QED) is 0.394. The van der Waals surface area contributed by atoms with Crippen LogP contribution in [0.15, 0.2) is 72.0 Å². The SMILES string of the molecule is NC(=O)c1cn(CC(=O)N2CC(F)CC2C(=O)NC2=CN3CC(=O)NN=C3C=C2)c2ccc(-c3ccnnc3)cc12. The van der Waals surface area contributed by atoms with E-state index in [9.17, 15) is 23.6 Å². The summed E-state index contributed by atoms with van der Waals surface area (Å²) in [5.74, 6) is -1.51. The van der Waals surface area contributed by atoms with E-state index in [0.29, 0.717) is 22.4 Å². The van der Waals surface area contributed by atoms with Crippen molar-refractivity contribution in [2.24, 2.45) is 10.8 Å². The number of primary amides is 1. The molecule has 6 rings (SSSR count). The van der Waals surface area contributed by atoms with E-state index >= 15 is 0 Å². The van der Waals surface area contributed by atoms with Gasteiger partial charge in [0.2, 0.25) is 11.8 Å². The van der Waals surface area contributed by atoms with Crippen LogP contribution in [0.3, 0.4) is 0 Å². The number of carbonyl (C=O) groups excluding carboxylic acids is 4. The highest BCUT2D eigenvalue weighted by Crippen LogP contribution is 2.29. The largest absolute Gasteiger partial charge is 0.366 e. The molecule has 0 radical (unpaired) electrons. The topological polar surface area (TPSA) is 168 Å². The van der Waals surface area contributed by atoms with Crippen LogP contribution in [0.5, 0.6) is 0 Å². The Morgan fingerprint density at radius 2 is 2.00 bits per heavy atom. The maximum atomic E-state index is 14.5. The number of hydrazone groups is 1. The molecule has 2 unspecified atom stereocenters. The number of benzene rings is 1. The van der Waals surface area contributed by atoms with Crippen LogP contribution in [0.25, 0.3) is 22.0 Å². The van der Waals surface area contributed by atoms with E-state index < -0.39 is 29.9 Å². The summed E-state index contributed by atoms with van der Waals surface area (Å²) in [7, 11) is 0. The number of fused-ring (bicyclic) bond motifs is 2. The zero-order valence-electron chi connectivity index (χ0n) is 21.5. The maximum Gasteiger partial charge on any atom is 0.260 e. The van der Waals surface area contributed by atoms with E-state index in [1.54, 1.807) is 58.4 Å². The van der Waals surface area contributed by atoms with E-state index in [2.05, 4.69) is 26.0 Å². The van der Waals surface area contributed by atoms with Crippen LogP contribution in [0.1, 0.15) is 16.8 Å². The molecule has 0 bridgehead atoms. The minimum absolute atomic E-state index is 0.0300. The number of allylic oxidation sites excluding steroid dienone is 1. The predicted molar refractivity (Wildman–Crippen MR) is 144 cm³/mol. The van der Waals surface area contributed by atoms with Crippen molar-refractivity contribution in [2.75, 3.05) is 13.1 Å². The van der Waals surface area contributed by atoms with Gasteiger partial charge in [-0.1, -0.05) is 6.07 Å². The average molecular weight is 558 g/mol. The number of rotatable bonds is 6. The van der Waals surface area contributed by atoms with Gasteiger partial charge in [0, 0.05) is 35.3 Å². The first-order valence-electron chi connectivity index (χ1n) is 12.7. The van der Waals surface area contributed by atoms with E-state index in [0.717, 1.165) is 11.1 Å². The second kappa shape index (κ2) is 10.3. The smallest absolute Gasteiger partial charge is 0.260 e. The van der Waals surface area contributed by atoms with Crippen LogP contribution in [-0.2, 0) is 20.9 Å². The van der Waals surface area contributed by atoms with Crippen molar-refractivity contribution in [3.8, 4) is 11.1 Å². The molecule has 2 aromatic heterocycles. The Bertz CT molecular complexity index is 1680. The van der Waals surface area contributed by atoms with Gasteiger partial charge in [-0.05, 0) is 35.9 Å². The lowest BCUT2D eigenvalue weighted by Gasteiger charge is -2.28. The third-order valence-corrected chi connectivity index (χ3v) is 7.12. The molecule has 14 heteroatoms. The second-order valence-electron chi connectivity index (χ2n) is 9.83. The van der Waals surface area contributed by atoms with E-state index in [4.69, 9.17) is 5.73 Å². The fourth-order valence-electron chi connectivity index (χ4n) is 5.19. The molecular weight excluding hydrogens is 533 g/mol. The number of amides is 4. The normalized spacial score (nSPS) is 19.9. The van der Waals surface area contributed by atoms with Gasteiger partial charge in [-0.3, -0.25) is 19.2 Å². The fourth-order valence-corrected chi connectivity index (χ4v) is 5.19. The van der Waals surface area contributed by atoms with Gasteiger partial charge in [-0.25, -0.2) is 9.82 Å². The Kier molecular flexibility index (Phi) is 6.49. The third-order valence-electron chi connectivity index (χ3n) is 7.12. The lowest BCUT2D eigenvalue weighted by Crippen LogP contribution is -2.47. The van der Waals surface area contributed by atoms with Crippen molar-refractivity contribution in [1.82, 2.24) is 35.3 Å². The molecule has 41 heavy (non-hydrogen) atoms. The molecule has 1 saturated heterocycles. The van der Waals surface area contributed by atoms with Crippen LogP contribution in [0.4, 0.5) is 4.39 Å². The first-order chi connectivity index (χ1) is 19.8. The van der Waals surface area contributed by atoms with E-state index in [-0.39, 0.29) is 37.5 Å². The number of hydrogen-bond acceptors (Lipinski definition) is 8. The Labute approximate surface area is 232 Å². The number of hydrogen-bond donors (Lipinski definition) is 3. The van der Waals surface area contributed by atoms with Gasteiger partial charge >= 0.3 is 0 Å². The maximum absolute atomic E-state index is 14.5. The van der Waals surface area contributed by atoms with Crippen molar-refractivity contribution in [3.63, 3.8) is 0 Å². The summed E-state index contributed by atoms with van der Waals surface area (Å²) in [6, 6.07) is 6.10. The molecule has 13 nitrogen and oxygen atoms in total. The fraction of sp³-hybridized carbons (Fsp3) is 0.222. The molecule has 0 saturated carbocycles. The molecule has 5 heterocycles. The van der Waals surface area contributed by atoms with Gasteiger partial charge < -0.3 is 25.4 Å². The molecule has 0 aliphatic carbocycles. The average Bonchev–Trinajstić information content (AvgIpc) is 3.54. The number of nitrogens with one attached hydrogen (secondary N) is 2. The Hall–Kier alpha value is -5.40. The summed E-state index contributed by atoms with van der Waals surface area (Å²) in [5.41, 5.74) is 10.8. The van der Waals surface area contributed by atoms with Crippen LogP contribution < -0.4 is 16.5 Å². The number of nitrogens with two attached hydrogens (primary N) is 1. The summed E-state index contributed by atoms with van der Waals surface area (Å²) in [6.45, 7) is -0.445. The third kappa shape index (κ3) is 5.02. The number of nitrogens with zero attached hydrogens (tertiary/aromatic N) is 6. The number of likely N-dealkylation sites (tertiary alicyclic amines) is 1. The molecule has 3 aliphatic heterocycles. The van der Waals surface area contributed by atoms with Crippen molar-refractivity contribution < 1.29 is 23.6 Å². The Morgan fingerprint density at radius 1 is 1.15 bits per heavy atom. The molecule has 1 aromatic carbocycles. The standard InChI is InChI=1S/C27H24FN9O4/c28-17-8-22(27(41)32-18-2-4-23-33-34-24(38)13-36(23)11-18)37(10-17)25(39)14-35-12-20(26(29)40)19-7-15(1-3-21(19)35)16-5-6-30-31-9-16/h1-7,9,11-12,17,22H,8,10,13-14H2,(H2,29,40)(H,32,41)(H,34,38). The minimum Gasteiger partial charge on any atom is -0.366 e. The number of halogens is 1. The van der Waals surface area contributed by atoms with Gasteiger partial charge in [-0.2, -0.15) is 15.3 Å². The van der Waals surface area contributed by atoms with E-state index in [1.165, 1.54) is 11.1 Å². The number of carbonyl (C=O) groups is 4. The van der Waals surface area contributed by atoms with Crippen molar-refractivity contribution in [2.45, 2.75) is 25.2 Å². The number of alkyl halides is 1. The van der Waals surface area contributed by atoms with Gasteiger partial charge in [0.05, 0.1) is 30.2 Å². The van der Waals surface area contributed by atoms with Gasteiger partial charge in [0.1, 0.15) is 25.3 Å². The zero-order chi connectivity index (χ0) is 28.7. The highest BCUT2D eigenvalue weighted by atomic mass is 19.1. The molecule has 4 amide bonds. The summed E-state index contributed by atoms with van der Waals surface area (Å²) in [6.07, 6.45) is 7.87. The Balaban J connectivity index is 1.22. The number of aromatic nitrogens is 3. The molecule has 4 N–H and O–H groups in total. The van der Waals surface area contributed by atoms with Crippen LogP contribution in [-0.4, -0.2) is 79.3 Å². The minimum atomic E-state index is -1.38. The molecular formula is C27H24FN9O4.